The van der Waals surface area contributed by atoms with Crippen LogP contribution in [0.4, 0.5) is 14.9 Å². The van der Waals surface area contributed by atoms with Crippen LogP contribution in [-0.2, 0) is 4.79 Å². The fraction of sp³-hybridized carbons (Fsp3) is 0.308. The Labute approximate surface area is 124 Å². The number of anilines is 1. The number of nitrogens with zero attached hydrogens (tertiary/aromatic N) is 1. The summed E-state index contributed by atoms with van der Waals surface area (Å²) in [4.78, 5) is 35.7. The smallest absolute Gasteiger partial charge is 0.337 e. The minimum atomic E-state index is -1.32. The summed E-state index contributed by atoms with van der Waals surface area (Å²) < 4.78 is 13.0. The van der Waals surface area contributed by atoms with Gasteiger partial charge in [0.05, 0.1) is 11.3 Å². The van der Waals surface area contributed by atoms with Crippen molar-refractivity contribution in [2.45, 2.75) is 6.42 Å². The molecule has 0 bridgehead atoms. The number of benzene rings is 1. The van der Waals surface area contributed by atoms with Crippen molar-refractivity contribution in [2.75, 3.05) is 24.2 Å². The van der Waals surface area contributed by atoms with Crippen LogP contribution >= 0.6 is 11.8 Å². The molecule has 1 fully saturated rings. The Morgan fingerprint density at radius 2 is 2.19 bits per heavy atom. The van der Waals surface area contributed by atoms with Crippen LogP contribution in [0.3, 0.4) is 0 Å². The third kappa shape index (κ3) is 3.94. The number of rotatable bonds is 5. The third-order valence-corrected chi connectivity index (χ3v) is 3.83. The largest absolute Gasteiger partial charge is 0.478 e. The summed E-state index contributed by atoms with van der Waals surface area (Å²) in [6.45, 7) is 0.884. The molecule has 1 aliphatic rings. The maximum atomic E-state index is 13.0. The molecule has 0 spiro atoms. The maximum Gasteiger partial charge on any atom is 0.337 e. The zero-order chi connectivity index (χ0) is 15.4. The average Bonchev–Trinajstić information content (AvgIpc) is 2.84. The first-order valence-corrected chi connectivity index (χ1v) is 7.20. The van der Waals surface area contributed by atoms with Crippen molar-refractivity contribution in [3.8, 4) is 0 Å². The van der Waals surface area contributed by atoms with Gasteiger partial charge in [-0.25, -0.2) is 9.18 Å². The number of hydrogen-bond donors (Lipinski definition) is 2. The van der Waals surface area contributed by atoms with Gasteiger partial charge in [-0.15, -0.1) is 0 Å². The van der Waals surface area contributed by atoms with E-state index in [2.05, 4.69) is 5.32 Å². The molecule has 0 atom stereocenters. The predicted octanol–water partition coefficient (Wildman–Crippen LogP) is 2.02. The molecule has 1 heterocycles. The summed E-state index contributed by atoms with van der Waals surface area (Å²) in [5.41, 5.74) is -0.271. The highest BCUT2D eigenvalue weighted by atomic mass is 32.2. The number of aromatic carboxylic acids is 1. The van der Waals surface area contributed by atoms with Crippen molar-refractivity contribution in [1.29, 1.82) is 0 Å². The van der Waals surface area contributed by atoms with E-state index in [0.29, 0.717) is 12.3 Å². The molecule has 112 valence electrons. The number of halogens is 1. The van der Waals surface area contributed by atoms with Gasteiger partial charge in [0.25, 0.3) is 5.24 Å². The molecule has 1 aromatic rings. The highest BCUT2D eigenvalue weighted by Gasteiger charge is 2.21. The summed E-state index contributed by atoms with van der Waals surface area (Å²) >= 11 is 1.20. The molecule has 2 N–H and O–H groups in total. The molecule has 0 radical (unpaired) electrons. The van der Waals surface area contributed by atoms with Gasteiger partial charge in [-0.05, 0) is 18.2 Å². The summed E-state index contributed by atoms with van der Waals surface area (Å²) in [5, 5.41) is 11.3. The first-order chi connectivity index (χ1) is 9.97. The van der Waals surface area contributed by atoms with E-state index in [4.69, 9.17) is 5.11 Å². The van der Waals surface area contributed by atoms with Crippen LogP contribution in [0.2, 0.25) is 0 Å². The van der Waals surface area contributed by atoms with Gasteiger partial charge in [0, 0.05) is 25.3 Å². The van der Waals surface area contributed by atoms with Crippen LogP contribution in [0.5, 0.6) is 0 Å². The number of thioether (sulfide) groups is 1. The molecule has 0 aliphatic carbocycles. The van der Waals surface area contributed by atoms with Crippen molar-refractivity contribution in [3.05, 3.63) is 29.6 Å². The van der Waals surface area contributed by atoms with Crippen LogP contribution in [0, 0.1) is 5.82 Å². The van der Waals surface area contributed by atoms with E-state index in [-0.39, 0.29) is 29.5 Å². The SMILES string of the molecule is O=C(CCN1CCSC1=O)Nc1ccc(F)cc1C(=O)O. The lowest BCUT2D eigenvalue weighted by molar-refractivity contribution is -0.116. The molecule has 1 aromatic carbocycles. The number of carboxylic acids is 1. The first kappa shape index (κ1) is 15.3. The van der Waals surface area contributed by atoms with Gasteiger partial charge >= 0.3 is 5.97 Å². The second-order valence-corrected chi connectivity index (χ2v) is 5.44. The van der Waals surface area contributed by atoms with E-state index < -0.39 is 17.7 Å². The van der Waals surface area contributed by atoms with Crippen LogP contribution in [0.25, 0.3) is 0 Å². The normalized spacial score (nSPS) is 14.3. The lowest BCUT2D eigenvalue weighted by Crippen LogP contribution is -2.28. The Morgan fingerprint density at radius 1 is 1.43 bits per heavy atom. The number of amides is 2. The predicted molar refractivity (Wildman–Crippen MR) is 76.0 cm³/mol. The second kappa shape index (κ2) is 6.57. The van der Waals surface area contributed by atoms with Crippen molar-refractivity contribution in [3.63, 3.8) is 0 Å². The summed E-state index contributed by atoms with van der Waals surface area (Å²) in [6, 6.07) is 3.12. The minimum Gasteiger partial charge on any atom is -0.478 e. The standard InChI is InChI=1S/C13H13FN2O4S/c14-8-1-2-10(9(7-8)12(18)19)15-11(17)3-4-16-5-6-21-13(16)20/h1-2,7H,3-6H2,(H,15,17)(H,18,19). The average molecular weight is 312 g/mol. The summed E-state index contributed by atoms with van der Waals surface area (Å²) in [7, 11) is 0. The second-order valence-electron chi connectivity index (χ2n) is 4.39. The van der Waals surface area contributed by atoms with Gasteiger partial charge in [-0.1, -0.05) is 11.8 Å². The van der Waals surface area contributed by atoms with E-state index in [1.165, 1.54) is 17.8 Å². The van der Waals surface area contributed by atoms with Gasteiger partial charge in [0.15, 0.2) is 0 Å². The molecule has 21 heavy (non-hydrogen) atoms. The van der Waals surface area contributed by atoms with Gasteiger partial charge in [0.2, 0.25) is 5.91 Å². The summed E-state index contributed by atoms with van der Waals surface area (Å²) in [6.07, 6.45) is 0.0583. The maximum absolute atomic E-state index is 13.0. The molecule has 2 amide bonds. The van der Waals surface area contributed by atoms with Crippen LogP contribution in [0.15, 0.2) is 18.2 Å². The fourth-order valence-electron chi connectivity index (χ4n) is 1.88. The van der Waals surface area contributed by atoms with E-state index in [9.17, 15) is 18.8 Å². The van der Waals surface area contributed by atoms with Gasteiger partial charge in [-0.3, -0.25) is 9.59 Å². The van der Waals surface area contributed by atoms with Gasteiger partial charge in [-0.2, -0.15) is 0 Å². The molecule has 0 saturated carbocycles. The van der Waals surface area contributed by atoms with Crippen LogP contribution in [0.1, 0.15) is 16.8 Å². The Kier molecular flexibility index (Phi) is 4.79. The molecule has 6 nitrogen and oxygen atoms in total. The molecule has 1 aliphatic heterocycles. The highest BCUT2D eigenvalue weighted by Crippen LogP contribution is 2.19. The zero-order valence-corrected chi connectivity index (χ0v) is 11.8. The van der Waals surface area contributed by atoms with E-state index >= 15 is 0 Å². The number of carbonyl (C=O) groups excluding carboxylic acids is 2. The van der Waals surface area contributed by atoms with E-state index in [1.807, 2.05) is 0 Å². The monoisotopic (exact) mass is 312 g/mol. The summed E-state index contributed by atoms with van der Waals surface area (Å²) in [5.74, 6) is -1.73. The number of hydrogen-bond acceptors (Lipinski definition) is 4. The van der Waals surface area contributed by atoms with Crippen LogP contribution in [-0.4, -0.2) is 46.0 Å². The third-order valence-electron chi connectivity index (χ3n) is 2.94. The fourth-order valence-corrected chi connectivity index (χ4v) is 2.73. The molecule has 0 unspecified atom stereocenters. The highest BCUT2D eigenvalue weighted by molar-refractivity contribution is 8.13. The first-order valence-electron chi connectivity index (χ1n) is 6.22. The van der Waals surface area contributed by atoms with Crippen molar-refractivity contribution >= 4 is 34.6 Å². The Hall–Kier alpha value is -2.09. The quantitative estimate of drug-likeness (QED) is 0.868. The lowest BCUT2D eigenvalue weighted by atomic mass is 10.1. The van der Waals surface area contributed by atoms with E-state index in [1.54, 1.807) is 4.90 Å². The van der Waals surface area contributed by atoms with E-state index in [0.717, 1.165) is 12.1 Å². The number of carbonyl (C=O) groups is 3. The van der Waals surface area contributed by atoms with Crippen molar-refractivity contribution in [2.24, 2.45) is 0 Å². The number of carboxylic acid groups (broad SMARTS) is 1. The molecular formula is C13H13FN2O4S. The molecule has 2 rings (SSSR count). The van der Waals surface area contributed by atoms with Gasteiger partial charge < -0.3 is 15.3 Å². The Bertz CT molecular complexity index is 594. The zero-order valence-electron chi connectivity index (χ0n) is 11.0. The van der Waals surface area contributed by atoms with Crippen LogP contribution < -0.4 is 5.32 Å². The molecule has 1 saturated heterocycles. The lowest BCUT2D eigenvalue weighted by Gasteiger charge is -2.14. The molecular weight excluding hydrogens is 299 g/mol. The van der Waals surface area contributed by atoms with Crippen molar-refractivity contribution in [1.82, 2.24) is 4.90 Å². The van der Waals surface area contributed by atoms with Gasteiger partial charge in [0.1, 0.15) is 5.82 Å². The number of nitrogens with one attached hydrogen (secondary N) is 1. The van der Waals surface area contributed by atoms with Crippen molar-refractivity contribution < 1.29 is 23.9 Å². The Morgan fingerprint density at radius 3 is 2.81 bits per heavy atom. The minimum absolute atomic E-state index is 0.0380. The molecule has 8 heteroatoms. The Balaban J connectivity index is 1.96. The molecule has 0 aromatic heterocycles. The topological polar surface area (TPSA) is 86.7 Å².